The van der Waals surface area contributed by atoms with Gasteiger partial charge in [0.05, 0.1) is 29.2 Å². The summed E-state index contributed by atoms with van der Waals surface area (Å²) in [7, 11) is -4.10. The fourth-order valence-electron chi connectivity index (χ4n) is 5.39. The molecule has 44 heavy (non-hydrogen) atoms. The number of nitrogens with zero attached hydrogens (tertiary/aromatic N) is 6. The molecule has 0 saturated carbocycles. The van der Waals surface area contributed by atoms with Crippen molar-refractivity contribution in [2.45, 2.75) is 36.6 Å². The van der Waals surface area contributed by atoms with Crippen molar-refractivity contribution in [1.29, 1.82) is 0 Å². The summed E-state index contributed by atoms with van der Waals surface area (Å²) in [6.07, 6.45) is -4.87. The molecule has 2 atom stereocenters. The molecule has 0 saturated heterocycles. The average Bonchev–Trinajstić information content (AvgIpc) is 3.39. The molecule has 4 aromatic carbocycles. The third-order valence-electron chi connectivity index (χ3n) is 7.35. The lowest BCUT2D eigenvalue weighted by Crippen LogP contribution is -2.46. The van der Waals surface area contributed by atoms with Gasteiger partial charge in [0, 0.05) is 0 Å². The number of halogens is 3. The third kappa shape index (κ3) is 5.73. The number of hydrogen-bond acceptors (Lipinski definition) is 5. The standard InChI is InChI=1S/C32H27F3N6O2S/c1-23-17-19-27(20-18-23)44(42,43)39-21-28-38-41(26-15-9-4-10-16-26)31(37-36-22-32(33,34)35)40(28)30(25-13-7-3-8-14-25)29(39)24-11-5-2-6-12-24/h2-20,22,29-30H,21H2,1H3/b36-22+,37-31+/t29-,30-/m1/s1. The van der Waals surface area contributed by atoms with Crippen LogP contribution in [0.15, 0.2) is 130 Å². The first-order valence-corrected chi connectivity index (χ1v) is 15.2. The lowest BCUT2D eigenvalue weighted by atomic mass is 9.91. The zero-order chi connectivity index (χ0) is 30.9. The minimum atomic E-state index is -4.68. The normalized spacial score (nSPS) is 18.0. The van der Waals surface area contributed by atoms with E-state index in [0.717, 1.165) is 5.56 Å². The zero-order valence-corrected chi connectivity index (χ0v) is 24.3. The zero-order valence-electron chi connectivity index (χ0n) is 23.5. The van der Waals surface area contributed by atoms with Crippen molar-refractivity contribution in [3.63, 3.8) is 0 Å². The number of benzene rings is 4. The Balaban J connectivity index is 1.68. The molecule has 0 unspecified atom stereocenters. The monoisotopic (exact) mass is 616 g/mol. The molecule has 5 aromatic rings. The van der Waals surface area contributed by atoms with E-state index in [1.54, 1.807) is 59.2 Å². The van der Waals surface area contributed by atoms with Gasteiger partial charge in [-0.2, -0.15) is 27.3 Å². The molecule has 0 N–H and O–H groups in total. The van der Waals surface area contributed by atoms with E-state index < -0.39 is 28.3 Å². The Kier molecular flexibility index (Phi) is 7.78. The maximum atomic E-state index is 14.4. The third-order valence-corrected chi connectivity index (χ3v) is 9.19. The number of aromatic nitrogens is 3. The van der Waals surface area contributed by atoms with E-state index >= 15 is 0 Å². The maximum absolute atomic E-state index is 14.4. The fourth-order valence-corrected chi connectivity index (χ4v) is 6.97. The molecular formula is C32H27F3N6O2S. The van der Waals surface area contributed by atoms with Gasteiger partial charge in [-0.1, -0.05) is 96.6 Å². The number of fused-ring (bicyclic) bond motifs is 1. The Bertz CT molecular complexity index is 1960. The summed E-state index contributed by atoms with van der Waals surface area (Å²) in [6.45, 7) is 1.70. The molecule has 0 spiro atoms. The Morgan fingerprint density at radius 2 is 1.34 bits per heavy atom. The van der Waals surface area contributed by atoms with E-state index in [4.69, 9.17) is 5.10 Å². The number of rotatable bonds is 6. The largest absolute Gasteiger partial charge is 0.428 e. The summed E-state index contributed by atoms with van der Waals surface area (Å²) in [4.78, 5) is 0.117. The van der Waals surface area contributed by atoms with Crippen LogP contribution in [-0.2, 0) is 16.6 Å². The molecule has 6 rings (SSSR count). The van der Waals surface area contributed by atoms with Gasteiger partial charge in [-0.3, -0.25) is 4.57 Å². The van der Waals surface area contributed by atoms with Gasteiger partial charge in [0.25, 0.3) is 5.62 Å². The average molecular weight is 617 g/mol. The van der Waals surface area contributed by atoms with Crippen molar-refractivity contribution in [1.82, 2.24) is 18.7 Å². The second-order valence-electron chi connectivity index (χ2n) is 10.3. The lowest BCUT2D eigenvalue weighted by Gasteiger charge is -2.41. The van der Waals surface area contributed by atoms with E-state index in [1.165, 1.54) is 8.99 Å². The molecule has 1 aliphatic heterocycles. The van der Waals surface area contributed by atoms with Gasteiger partial charge in [-0.15, -0.1) is 10.2 Å². The van der Waals surface area contributed by atoms with Crippen molar-refractivity contribution in [3.8, 4) is 5.69 Å². The Hall–Kier alpha value is -4.81. The molecular weight excluding hydrogens is 589 g/mol. The summed E-state index contributed by atoms with van der Waals surface area (Å²) in [5, 5.41) is 12.2. The van der Waals surface area contributed by atoms with Crippen LogP contribution in [0.5, 0.6) is 0 Å². The number of alkyl halides is 3. The van der Waals surface area contributed by atoms with Crippen LogP contribution < -0.4 is 5.62 Å². The van der Waals surface area contributed by atoms with E-state index in [2.05, 4.69) is 10.2 Å². The van der Waals surface area contributed by atoms with Gasteiger partial charge >= 0.3 is 6.18 Å². The first-order valence-electron chi connectivity index (χ1n) is 13.7. The predicted octanol–water partition coefficient (Wildman–Crippen LogP) is 5.97. The van der Waals surface area contributed by atoms with Gasteiger partial charge in [-0.05, 0) is 42.3 Å². The summed E-state index contributed by atoms with van der Waals surface area (Å²) in [5.74, 6) is 0.284. The lowest BCUT2D eigenvalue weighted by molar-refractivity contribution is -0.0537. The molecule has 0 radical (unpaired) electrons. The van der Waals surface area contributed by atoms with Crippen molar-refractivity contribution in [2.24, 2.45) is 10.2 Å². The van der Waals surface area contributed by atoms with E-state index in [9.17, 15) is 21.6 Å². The van der Waals surface area contributed by atoms with Gasteiger partial charge in [0.2, 0.25) is 10.0 Å². The summed E-state index contributed by atoms with van der Waals surface area (Å²) < 4.78 is 72.7. The predicted molar refractivity (Wildman–Crippen MR) is 159 cm³/mol. The SMILES string of the molecule is Cc1ccc(S(=O)(=O)N2Cc3nn(-c4ccccc4)/c(=N/N=C/C(F)(F)F)n3[C@H](c3ccccc3)[C@H]2c2ccccc2)cc1. The number of hydrogen-bond donors (Lipinski definition) is 0. The van der Waals surface area contributed by atoms with Crippen LogP contribution in [0.4, 0.5) is 13.2 Å². The molecule has 224 valence electrons. The minimum absolute atomic E-state index is 0.00821. The highest BCUT2D eigenvalue weighted by Crippen LogP contribution is 2.44. The highest BCUT2D eigenvalue weighted by molar-refractivity contribution is 7.89. The molecule has 0 aliphatic carbocycles. The van der Waals surface area contributed by atoms with Crippen LogP contribution in [0.25, 0.3) is 5.69 Å². The fraction of sp³-hybridized carbons (Fsp3) is 0.156. The topological polar surface area (TPSA) is 84.8 Å². The van der Waals surface area contributed by atoms with Crippen LogP contribution in [-0.4, -0.2) is 39.5 Å². The minimum Gasteiger partial charge on any atom is -0.285 e. The van der Waals surface area contributed by atoms with Crippen LogP contribution in [0.1, 0.15) is 34.6 Å². The van der Waals surface area contributed by atoms with Gasteiger partial charge in [0.15, 0.2) is 0 Å². The highest BCUT2D eigenvalue weighted by atomic mass is 32.2. The van der Waals surface area contributed by atoms with Crippen LogP contribution >= 0.6 is 0 Å². The van der Waals surface area contributed by atoms with Gasteiger partial charge < -0.3 is 0 Å². The molecule has 0 fully saturated rings. The Morgan fingerprint density at radius 1 is 0.795 bits per heavy atom. The molecule has 1 aliphatic rings. The van der Waals surface area contributed by atoms with Crippen molar-refractivity contribution in [2.75, 3.05) is 0 Å². The van der Waals surface area contributed by atoms with Crippen molar-refractivity contribution in [3.05, 3.63) is 143 Å². The number of sulfonamides is 1. The molecule has 12 heteroatoms. The van der Waals surface area contributed by atoms with Crippen molar-refractivity contribution < 1.29 is 21.6 Å². The van der Waals surface area contributed by atoms with Gasteiger partial charge in [-0.25, -0.2) is 8.42 Å². The van der Waals surface area contributed by atoms with E-state index in [0.29, 0.717) is 16.8 Å². The molecule has 1 aromatic heterocycles. The molecule has 8 nitrogen and oxygen atoms in total. The molecule has 0 bridgehead atoms. The first-order chi connectivity index (χ1) is 21.1. The second-order valence-corrected chi connectivity index (χ2v) is 12.2. The summed E-state index contributed by atoms with van der Waals surface area (Å²) >= 11 is 0. The van der Waals surface area contributed by atoms with Gasteiger partial charge in [0.1, 0.15) is 12.0 Å². The quantitative estimate of drug-likeness (QED) is 0.174. The van der Waals surface area contributed by atoms with E-state index in [1.807, 2.05) is 67.6 Å². The summed E-state index contributed by atoms with van der Waals surface area (Å²) in [5.41, 5.74) is 2.84. The van der Waals surface area contributed by atoms with Crippen LogP contribution in [0, 0.1) is 6.92 Å². The molecule has 2 heterocycles. The van der Waals surface area contributed by atoms with Crippen LogP contribution in [0.2, 0.25) is 0 Å². The smallest absolute Gasteiger partial charge is 0.285 e. The summed E-state index contributed by atoms with van der Waals surface area (Å²) in [6, 6.07) is 32.1. The van der Waals surface area contributed by atoms with Crippen molar-refractivity contribution >= 4 is 16.2 Å². The number of para-hydroxylation sites is 1. The Morgan fingerprint density at radius 3 is 1.91 bits per heavy atom. The van der Waals surface area contributed by atoms with E-state index in [-0.39, 0.29) is 29.1 Å². The maximum Gasteiger partial charge on any atom is 0.428 e. The molecule has 0 amide bonds. The second kappa shape index (κ2) is 11.7. The van der Waals surface area contributed by atoms with Crippen LogP contribution in [0.3, 0.4) is 0 Å². The highest BCUT2D eigenvalue weighted by Gasteiger charge is 2.45. The number of aryl methyl sites for hydroxylation is 1. The Labute approximate surface area is 252 Å². The first kappa shape index (κ1) is 29.3.